The molecule has 296 valence electrons. The topological polar surface area (TPSA) is 113 Å². The molecule has 0 aliphatic carbocycles. The highest BCUT2D eigenvalue weighted by Gasteiger charge is 2.40. The lowest BCUT2D eigenvalue weighted by atomic mass is 9.97. The van der Waals surface area contributed by atoms with E-state index in [2.05, 4.69) is 37.7 Å². The average Bonchev–Trinajstić information content (AvgIpc) is 3.64. The summed E-state index contributed by atoms with van der Waals surface area (Å²) in [7, 11) is 0. The molecule has 2 amide bonds. The molecule has 0 bridgehead atoms. The first-order valence-corrected chi connectivity index (χ1v) is 20.1. The number of anilines is 2. The standard InChI is InChI=1S/C24H23ClN2O2.C23H22FN3O2/c1-15(2)7-11-18(28)14-22-19-5-3-4-6-20(19)24(29)27(22)23-12-9-16-8-10-17(25)13-21(16)26-23;1-14(2)7-10-16(28)13-19-17-5-3-4-6-18(17)23(29)27(19)21-12-9-15-8-11-20(24)25-22(15)26-21/h3-6,8-10,12-13,15,22H,7,11,14H2,1-2H3;3-6,8-9,11-12,14,19H,7,10,13H2,1-2H3. The van der Waals surface area contributed by atoms with Gasteiger partial charge in [0.25, 0.3) is 11.8 Å². The number of Topliss-reactive ketones (excluding diaryl/α,β-unsaturated/α-hetero) is 2. The predicted molar refractivity (Wildman–Crippen MR) is 226 cm³/mol. The van der Waals surface area contributed by atoms with E-state index in [0.29, 0.717) is 64.3 Å². The van der Waals surface area contributed by atoms with Gasteiger partial charge in [-0.2, -0.15) is 9.37 Å². The van der Waals surface area contributed by atoms with Crippen molar-refractivity contribution in [3.63, 3.8) is 0 Å². The second-order valence-corrected chi connectivity index (χ2v) is 16.2. The number of benzene rings is 3. The summed E-state index contributed by atoms with van der Waals surface area (Å²) < 4.78 is 13.6. The smallest absolute Gasteiger partial charge is 0.260 e. The molecule has 0 spiro atoms. The van der Waals surface area contributed by atoms with E-state index in [1.807, 2.05) is 66.7 Å². The van der Waals surface area contributed by atoms with Gasteiger partial charge < -0.3 is 0 Å². The van der Waals surface area contributed by atoms with Gasteiger partial charge in [0.2, 0.25) is 5.95 Å². The van der Waals surface area contributed by atoms with Crippen molar-refractivity contribution in [1.29, 1.82) is 0 Å². The molecule has 2 aliphatic rings. The average molecular weight is 798 g/mol. The summed E-state index contributed by atoms with van der Waals surface area (Å²) in [6.45, 7) is 8.38. The summed E-state index contributed by atoms with van der Waals surface area (Å²) in [5.74, 6) is 1.17. The second-order valence-electron chi connectivity index (χ2n) is 15.8. The number of hydrogen-bond acceptors (Lipinski definition) is 7. The Kier molecular flexibility index (Phi) is 12.0. The highest BCUT2D eigenvalue weighted by atomic mass is 35.5. The molecule has 3 aromatic carbocycles. The molecule has 0 saturated carbocycles. The van der Waals surface area contributed by atoms with E-state index >= 15 is 0 Å². The van der Waals surface area contributed by atoms with Crippen LogP contribution in [0.2, 0.25) is 5.02 Å². The molecule has 11 heteroatoms. The Morgan fingerprint density at radius 2 is 1.12 bits per heavy atom. The number of aromatic nitrogens is 3. The SMILES string of the molecule is CC(C)CCC(=O)CC1c2ccccc2C(=O)N1c1ccc2ccc(Cl)cc2n1.CC(C)CCC(=O)CC1c2ccccc2C(=O)N1c1ccc2ccc(F)nc2n1. The Bertz CT molecular complexity index is 2370. The maximum absolute atomic E-state index is 13.6. The molecular formula is C47H45ClFN5O4. The molecule has 3 aromatic heterocycles. The van der Waals surface area contributed by atoms with Gasteiger partial charge in [0.05, 0.1) is 17.6 Å². The molecule has 0 radical (unpaired) electrons. The zero-order valence-corrected chi connectivity index (χ0v) is 33.7. The first-order chi connectivity index (χ1) is 27.9. The van der Waals surface area contributed by atoms with Gasteiger partial charge in [-0.05, 0) is 96.5 Å². The van der Waals surface area contributed by atoms with Gasteiger partial charge >= 0.3 is 0 Å². The monoisotopic (exact) mass is 797 g/mol. The summed E-state index contributed by atoms with van der Waals surface area (Å²) >= 11 is 6.12. The molecule has 0 saturated heterocycles. The fraction of sp³-hybridized carbons (Fsp3) is 0.298. The first-order valence-electron chi connectivity index (χ1n) is 19.8. The van der Waals surface area contributed by atoms with Crippen molar-refractivity contribution in [3.05, 3.63) is 136 Å². The van der Waals surface area contributed by atoms with Crippen LogP contribution in [0.1, 0.15) is 110 Å². The molecule has 5 heterocycles. The van der Waals surface area contributed by atoms with E-state index < -0.39 is 12.0 Å². The Hall–Kier alpha value is -5.87. The van der Waals surface area contributed by atoms with Crippen LogP contribution in [-0.2, 0) is 9.59 Å². The molecule has 8 rings (SSSR count). The lowest BCUT2D eigenvalue weighted by Crippen LogP contribution is -2.30. The van der Waals surface area contributed by atoms with E-state index in [9.17, 15) is 23.6 Å². The van der Waals surface area contributed by atoms with E-state index in [1.54, 1.807) is 40.1 Å². The highest BCUT2D eigenvalue weighted by molar-refractivity contribution is 6.31. The number of fused-ring (bicyclic) bond motifs is 4. The lowest BCUT2D eigenvalue weighted by Gasteiger charge is -2.24. The van der Waals surface area contributed by atoms with E-state index in [1.165, 1.54) is 6.07 Å². The fourth-order valence-electron chi connectivity index (χ4n) is 7.56. The largest absolute Gasteiger partial charge is 0.300 e. The van der Waals surface area contributed by atoms with Crippen LogP contribution in [0.4, 0.5) is 16.0 Å². The normalized spacial score (nSPS) is 15.9. The van der Waals surface area contributed by atoms with Crippen molar-refractivity contribution in [2.45, 2.75) is 78.3 Å². The van der Waals surface area contributed by atoms with Crippen LogP contribution in [0.3, 0.4) is 0 Å². The minimum atomic E-state index is -0.626. The minimum Gasteiger partial charge on any atom is -0.300 e. The summed E-state index contributed by atoms with van der Waals surface area (Å²) in [4.78, 5) is 67.8. The number of carbonyl (C=O) groups excluding carboxylic acids is 4. The molecule has 2 unspecified atom stereocenters. The second kappa shape index (κ2) is 17.3. The molecule has 6 aromatic rings. The maximum atomic E-state index is 13.6. The van der Waals surface area contributed by atoms with Crippen LogP contribution in [0, 0.1) is 17.8 Å². The van der Waals surface area contributed by atoms with Crippen LogP contribution in [0.25, 0.3) is 21.9 Å². The molecule has 2 atom stereocenters. The minimum absolute atomic E-state index is 0.114. The summed E-state index contributed by atoms with van der Waals surface area (Å²) in [5, 5.41) is 2.23. The third kappa shape index (κ3) is 8.67. The van der Waals surface area contributed by atoms with Crippen molar-refractivity contribution in [2.24, 2.45) is 11.8 Å². The lowest BCUT2D eigenvalue weighted by molar-refractivity contribution is -0.120. The molecule has 9 nitrogen and oxygen atoms in total. The summed E-state index contributed by atoms with van der Waals surface area (Å²) in [6.07, 6.45) is 3.21. The number of pyridine rings is 3. The van der Waals surface area contributed by atoms with Crippen molar-refractivity contribution in [2.75, 3.05) is 9.80 Å². The third-order valence-corrected chi connectivity index (χ3v) is 10.9. The number of ketones is 2. The van der Waals surface area contributed by atoms with Crippen molar-refractivity contribution >= 4 is 68.6 Å². The fourth-order valence-corrected chi connectivity index (χ4v) is 7.73. The molecule has 0 N–H and O–H groups in total. The predicted octanol–water partition coefficient (Wildman–Crippen LogP) is 10.9. The van der Waals surface area contributed by atoms with Gasteiger partial charge in [0.1, 0.15) is 23.2 Å². The quantitative estimate of drug-likeness (QED) is 0.113. The summed E-state index contributed by atoms with van der Waals surface area (Å²) in [5.41, 5.74) is 3.89. The van der Waals surface area contributed by atoms with Gasteiger partial charge in [-0.25, -0.2) is 9.97 Å². The molecule has 58 heavy (non-hydrogen) atoms. The number of rotatable bonds is 12. The Morgan fingerprint density at radius 3 is 1.67 bits per heavy atom. The molecule has 0 fully saturated rings. The zero-order chi connectivity index (χ0) is 41.1. The summed E-state index contributed by atoms with van der Waals surface area (Å²) in [6, 6.07) is 29.7. The van der Waals surface area contributed by atoms with E-state index in [-0.39, 0.29) is 41.5 Å². The van der Waals surface area contributed by atoms with Crippen LogP contribution >= 0.6 is 11.6 Å². The Morgan fingerprint density at radius 1 is 0.638 bits per heavy atom. The number of nitrogens with zero attached hydrogens (tertiary/aromatic N) is 5. The first kappa shape index (κ1) is 40.3. The maximum Gasteiger partial charge on any atom is 0.260 e. The van der Waals surface area contributed by atoms with Gasteiger partial charge in [-0.1, -0.05) is 81.8 Å². The number of carbonyl (C=O) groups is 4. The van der Waals surface area contributed by atoms with Crippen molar-refractivity contribution in [1.82, 2.24) is 15.0 Å². The number of amides is 2. The number of hydrogen-bond donors (Lipinski definition) is 0. The third-order valence-electron chi connectivity index (χ3n) is 10.6. The Labute approximate surface area is 342 Å². The molecule has 2 aliphatic heterocycles. The zero-order valence-electron chi connectivity index (χ0n) is 33.0. The van der Waals surface area contributed by atoms with Crippen LogP contribution in [0.5, 0.6) is 0 Å². The number of halogens is 2. The van der Waals surface area contributed by atoms with Gasteiger partial charge in [0.15, 0.2) is 5.65 Å². The van der Waals surface area contributed by atoms with E-state index in [0.717, 1.165) is 34.9 Å². The van der Waals surface area contributed by atoms with Crippen LogP contribution in [-0.4, -0.2) is 38.3 Å². The van der Waals surface area contributed by atoms with Gasteiger partial charge in [0, 0.05) is 52.6 Å². The molecular weight excluding hydrogens is 753 g/mol. The van der Waals surface area contributed by atoms with Crippen LogP contribution in [0.15, 0.2) is 103 Å². The van der Waals surface area contributed by atoms with E-state index in [4.69, 9.17) is 16.6 Å². The Balaban J connectivity index is 0.000000177. The van der Waals surface area contributed by atoms with Crippen LogP contribution < -0.4 is 9.80 Å². The van der Waals surface area contributed by atoms with Gasteiger partial charge in [-0.15, -0.1) is 0 Å². The van der Waals surface area contributed by atoms with Crippen molar-refractivity contribution in [3.8, 4) is 0 Å². The van der Waals surface area contributed by atoms with Gasteiger partial charge in [-0.3, -0.25) is 29.0 Å². The van der Waals surface area contributed by atoms with Crippen molar-refractivity contribution < 1.29 is 23.6 Å². The highest BCUT2D eigenvalue weighted by Crippen LogP contribution is 2.41.